The predicted octanol–water partition coefficient (Wildman–Crippen LogP) is 1.45. The van der Waals surface area contributed by atoms with Gasteiger partial charge in [-0.25, -0.2) is 8.42 Å². The molecule has 0 spiro atoms. The molecule has 0 radical (unpaired) electrons. The van der Waals surface area contributed by atoms with E-state index in [1.807, 2.05) is 26.0 Å². The van der Waals surface area contributed by atoms with E-state index in [0.29, 0.717) is 12.8 Å². The molecule has 1 heterocycles. The van der Waals surface area contributed by atoms with Gasteiger partial charge in [0.1, 0.15) is 11.9 Å². The summed E-state index contributed by atoms with van der Waals surface area (Å²) in [7, 11) is -3.09. The second kappa shape index (κ2) is 5.51. The highest BCUT2D eigenvalue weighted by atomic mass is 32.2. The van der Waals surface area contributed by atoms with Crippen LogP contribution in [0.1, 0.15) is 24.5 Å². The Morgan fingerprint density at radius 2 is 2.21 bits per heavy atom. The van der Waals surface area contributed by atoms with Crippen LogP contribution in [0.5, 0.6) is 5.75 Å². The van der Waals surface area contributed by atoms with E-state index in [-0.39, 0.29) is 23.7 Å². The Labute approximate surface area is 114 Å². The van der Waals surface area contributed by atoms with Crippen molar-refractivity contribution in [3.05, 3.63) is 29.3 Å². The average Bonchev–Trinajstić information content (AvgIpc) is 2.67. The van der Waals surface area contributed by atoms with Gasteiger partial charge in [-0.2, -0.15) is 0 Å². The van der Waals surface area contributed by atoms with E-state index in [4.69, 9.17) is 10.5 Å². The number of fused-ring (bicyclic) bond motifs is 1. The molecular formula is C14H21NO3S. The first-order chi connectivity index (χ1) is 8.85. The van der Waals surface area contributed by atoms with Crippen molar-refractivity contribution in [2.24, 2.45) is 5.73 Å². The molecule has 0 saturated carbocycles. The summed E-state index contributed by atoms with van der Waals surface area (Å²) >= 11 is 0. The summed E-state index contributed by atoms with van der Waals surface area (Å²) in [5.41, 5.74) is 7.87. The van der Waals surface area contributed by atoms with E-state index in [1.165, 1.54) is 5.56 Å². The molecule has 1 aliphatic heterocycles. The molecule has 5 heteroatoms. The van der Waals surface area contributed by atoms with E-state index >= 15 is 0 Å². The fraction of sp³-hybridized carbons (Fsp3) is 0.571. The first-order valence-corrected chi connectivity index (χ1v) is 8.40. The molecule has 4 nitrogen and oxygen atoms in total. The molecule has 1 aromatic carbocycles. The van der Waals surface area contributed by atoms with Crippen molar-refractivity contribution < 1.29 is 13.2 Å². The lowest BCUT2D eigenvalue weighted by Crippen LogP contribution is -2.29. The van der Waals surface area contributed by atoms with Crippen LogP contribution < -0.4 is 10.5 Å². The third kappa shape index (κ3) is 3.94. The molecule has 0 aliphatic carbocycles. The van der Waals surface area contributed by atoms with E-state index in [1.54, 1.807) is 0 Å². The molecule has 1 aliphatic rings. The Balaban J connectivity index is 1.96. The van der Waals surface area contributed by atoms with Gasteiger partial charge < -0.3 is 10.5 Å². The highest BCUT2D eigenvalue weighted by Crippen LogP contribution is 2.30. The maximum atomic E-state index is 12.0. The first kappa shape index (κ1) is 14.3. The summed E-state index contributed by atoms with van der Waals surface area (Å²) in [6.45, 7) is 3.84. The zero-order valence-corrected chi connectivity index (χ0v) is 12.2. The Bertz CT molecular complexity index is 552. The Kier molecular flexibility index (Phi) is 4.16. The van der Waals surface area contributed by atoms with Crippen molar-refractivity contribution in [1.82, 2.24) is 0 Å². The molecule has 19 heavy (non-hydrogen) atoms. The number of hydrogen-bond donors (Lipinski definition) is 1. The summed E-state index contributed by atoms with van der Waals surface area (Å²) in [5, 5.41) is 0. The third-order valence-corrected chi connectivity index (χ3v) is 5.02. The summed E-state index contributed by atoms with van der Waals surface area (Å²) < 4.78 is 29.6. The van der Waals surface area contributed by atoms with Crippen LogP contribution >= 0.6 is 0 Å². The van der Waals surface area contributed by atoms with E-state index in [9.17, 15) is 8.42 Å². The maximum absolute atomic E-state index is 12.0. The van der Waals surface area contributed by atoms with Crippen LogP contribution in [0, 0.1) is 6.92 Å². The van der Waals surface area contributed by atoms with Crippen LogP contribution in [-0.4, -0.2) is 32.1 Å². The second-order valence-corrected chi connectivity index (χ2v) is 7.66. The zero-order valence-electron chi connectivity index (χ0n) is 11.4. The summed E-state index contributed by atoms with van der Waals surface area (Å²) in [5.74, 6) is 1.03. The second-order valence-electron chi connectivity index (χ2n) is 5.44. The third-order valence-electron chi connectivity index (χ3n) is 3.28. The van der Waals surface area contributed by atoms with Crippen LogP contribution in [0.3, 0.4) is 0 Å². The molecule has 0 bridgehead atoms. The molecule has 2 atom stereocenters. The number of benzene rings is 1. The van der Waals surface area contributed by atoms with Gasteiger partial charge in [0, 0.05) is 12.5 Å². The lowest BCUT2D eigenvalue weighted by atomic mass is 10.1. The zero-order chi connectivity index (χ0) is 14.0. The highest BCUT2D eigenvalue weighted by molar-refractivity contribution is 7.91. The fourth-order valence-corrected chi connectivity index (χ4v) is 3.92. The van der Waals surface area contributed by atoms with Gasteiger partial charge >= 0.3 is 0 Å². The number of ether oxygens (including phenoxy) is 1. The van der Waals surface area contributed by atoms with E-state index in [0.717, 1.165) is 11.3 Å². The van der Waals surface area contributed by atoms with Gasteiger partial charge in [0.2, 0.25) is 0 Å². The molecule has 0 fully saturated rings. The molecule has 0 amide bonds. The number of rotatable bonds is 5. The van der Waals surface area contributed by atoms with Crippen molar-refractivity contribution in [3.8, 4) is 5.75 Å². The average molecular weight is 283 g/mol. The minimum atomic E-state index is -3.09. The van der Waals surface area contributed by atoms with Gasteiger partial charge in [-0.05, 0) is 31.9 Å². The van der Waals surface area contributed by atoms with E-state index in [2.05, 4.69) is 6.07 Å². The smallest absolute Gasteiger partial charge is 0.154 e. The Morgan fingerprint density at radius 3 is 2.89 bits per heavy atom. The molecule has 2 unspecified atom stereocenters. The molecule has 0 aromatic heterocycles. The van der Waals surface area contributed by atoms with Crippen LogP contribution in [-0.2, 0) is 16.3 Å². The standard InChI is InChI=1S/C14H21NO3S/c1-10-3-4-14-12(7-10)8-13(18-14)9-19(16,17)6-5-11(2)15/h3-4,7,11,13H,5-6,8-9,15H2,1-2H3. The topological polar surface area (TPSA) is 69.4 Å². The van der Waals surface area contributed by atoms with Gasteiger partial charge in [0.05, 0.1) is 11.5 Å². The molecule has 0 saturated heterocycles. The number of hydrogen-bond acceptors (Lipinski definition) is 4. The van der Waals surface area contributed by atoms with Gasteiger partial charge in [-0.15, -0.1) is 0 Å². The predicted molar refractivity (Wildman–Crippen MR) is 76.2 cm³/mol. The lowest BCUT2D eigenvalue weighted by molar-refractivity contribution is 0.256. The van der Waals surface area contributed by atoms with Crippen LogP contribution in [0.4, 0.5) is 0 Å². The Morgan fingerprint density at radius 1 is 1.47 bits per heavy atom. The van der Waals surface area contributed by atoms with Crippen molar-refractivity contribution in [2.75, 3.05) is 11.5 Å². The minimum Gasteiger partial charge on any atom is -0.489 e. The molecule has 2 rings (SSSR count). The molecular weight excluding hydrogens is 262 g/mol. The summed E-state index contributed by atoms with van der Waals surface area (Å²) in [4.78, 5) is 0. The lowest BCUT2D eigenvalue weighted by Gasteiger charge is -2.12. The monoisotopic (exact) mass is 283 g/mol. The van der Waals surface area contributed by atoms with Gasteiger partial charge in [0.15, 0.2) is 9.84 Å². The molecule has 106 valence electrons. The van der Waals surface area contributed by atoms with E-state index < -0.39 is 9.84 Å². The maximum Gasteiger partial charge on any atom is 0.154 e. The first-order valence-electron chi connectivity index (χ1n) is 6.58. The van der Waals surface area contributed by atoms with Crippen molar-refractivity contribution in [1.29, 1.82) is 0 Å². The fourth-order valence-electron chi connectivity index (χ4n) is 2.27. The Hall–Kier alpha value is -1.07. The molecule has 2 N–H and O–H groups in total. The van der Waals surface area contributed by atoms with Crippen molar-refractivity contribution in [2.45, 2.75) is 38.8 Å². The minimum absolute atomic E-state index is 0.0768. The van der Waals surface area contributed by atoms with Gasteiger partial charge in [-0.3, -0.25) is 0 Å². The number of nitrogens with two attached hydrogens (primary N) is 1. The summed E-state index contributed by atoms with van der Waals surface area (Å²) in [6, 6.07) is 5.87. The number of sulfone groups is 1. The van der Waals surface area contributed by atoms with Gasteiger partial charge in [-0.1, -0.05) is 17.7 Å². The van der Waals surface area contributed by atoms with Crippen LogP contribution in [0.25, 0.3) is 0 Å². The summed E-state index contributed by atoms with van der Waals surface area (Å²) in [6.07, 6.45) is 0.921. The number of aryl methyl sites for hydroxylation is 1. The molecule has 1 aromatic rings. The van der Waals surface area contributed by atoms with Gasteiger partial charge in [0.25, 0.3) is 0 Å². The quantitative estimate of drug-likeness (QED) is 0.888. The largest absolute Gasteiger partial charge is 0.489 e. The SMILES string of the molecule is Cc1ccc2c(c1)CC(CS(=O)(=O)CCC(C)N)O2. The van der Waals surface area contributed by atoms with Crippen molar-refractivity contribution >= 4 is 9.84 Å². The van der Waals surface area contributed by atoms with Crippen molar-refractivity contribution in [3.63, 3.8) is 0 Å². The normalized spacial score (nSPS) is 19.8. The highest BCUT2D eigenvalue weighted by Gasteiger charge is 2.27. The van der Waals surface area contributed by atoms with Crippen LogP contribution in [0.2, 0.25) is 0 Å². The van der Waals surface area contributed by atoms with Crippen LogP contribution in [0.15, 0.2) is 18.2 Å².